The number of amides is 1. The number of nitrogens with zero attached hydrogens (tertiary/aromatic N) is 2. The molecule has 0 radical (unpaired) electrons. The number of nitrogens with two attached hydrogens (primary N) is 1. The number of halogens is 1. The van der Waals surface area contributed by atoms with Crippen molar-refractivity contribution in [2.45, 2.75) is 12.8 Å². The van der Waals surface area contributed by atoms with Gasteiger partial charge in [-0.05, 0) is 35.8 Å². The molecule has 2 aromatic heterocycles. The highest BCUT2D eigenvalue weighted by molar-refractivity contribution is 7.22. The third-order valence-electron chi connectivity index (χ3n) is 4.11. The number of hydrogen-bond donors (Lipinski definition) is 1. The maximum absolute atomic E-state index is 13.2. The largest absolute Gasteiger partial charge is 0.364 e. The monoisotopic (exact) mass is 351 g/mol. The van der Waals surface area contributed by atoms with Gasteiger partial charge in [-0.1, -0.05) is 30.4 Å². The zero-order valence-corrected chi connectivity index (χ0v) is 14.0. The van der Waals surface area contributed by atoms with Gasteiger partial charge >= 0.3 is 0 Å². The number of fused-ring (bicyclic) bond motifs is 1. The van der Waals surface area contributed by atoms with Crippen molar-refractivity contribution in [1.82, 2.24) is 10.2 Å². The summed E-state index contributed by atoms with van der Waals surface area (Å²) in [5, 5.41) is 9.15. The molecular weight excluding hydrogens is 337 g/mol. The molecular formula is C19H14FN3OS. The topological polar surface area (TPSA) is 68.9 Å². The molecule has 4 nitrogen and oxygen atoms in total. The molecule has 6 heteroatoms. The highest BCUT2D eigenvalue weighted by Gasteiger charge is 2.18. The lowest BCUT2D eigenvalue weighted by molar-refractivity contribution is 0.0996. The Hall–Kier alpha value is -2.86. The summed E-state index contributed by atoms with van der Waals surface area (Å²) in [6.45, 7) is 0. The van der Waals surface area contributed by atoms with Crippen LogP contribution in [0, 0.1) is 5.82 Å². The molecule has 0 saturated carbocycles. The van der Waals surface area contributed by atoms with Gasteiger partial charge in [-0.3, -0.25) is 4.79 Å². The average molecular weight is 351 g/mol. The van der Waals surface area contributed by atoms with E-state index in [-0.39, 0.29) is 11.5 Å². The predicted octanol–water partition coefficient (Wildman–Crippen LogP) is 4.03. The molecule has 0 aliphatic heterocycles. The normalized spacial score (nSPS) is 13.4. The fourth-order valence-corrected chi connectivity index (χ4v) is 4.05. The highest BCUT2D eigenvalue weighted by Crippen LogP contribution is 2.36. The van der Waals surface area contributed by atoms with E-state index >= 15 is 0 Å². The van der Waals surface area contributed by atoms with E-state index in [4.69, 9.17) is 5.73 Å². The van der Waals surface area contributed by atoms with E-state index in [9.17, 15) is 9.18 Å². The van der Waals surface area contributed by atoms with Gasteiger partial charge < -0.3 is 5.73 Å². The quantitative estimate of drug-likeness (QED) is 0.772. The molecule has 0 bridgehead atoms. The third-order valence-corrected chi connectivity index (χ3v) is 5.30. The van der Waals surface area contributed by atoms with E-state index in [1.54, 1.807) is 12.1 Å². The fourth-order valence-electron chi connectivity index (χ4n) is 2.87. The summed E-state index contributed by atoms with van der Waals surface area (Å²) < 4.78 is 13.9. The molecule has 0 spiro atoms. The molecule has 1 amide bonds. The smallest absolute Gasteiger partial charge is 0.270 e. The van der Waals surface area contributed by atoms with Gasteiger partial charge in [0.25, 0.3) is 5.91 Å². The first kappa shape index (κ1) is 15.7. The van der Waals surface area contributed by atoms with E-state index in [0.717, 1.165) is 32.6 Å². The van der Waals surface area contributed by atoms with Crippen molar-refractivity contribution in [2.24, 2.45) is 5.73 Å². The fraction of sp³-hybridized carbons (Fsp3) is 0.105. The van der Waals surface area contributed by atoms with Crippen molar-refractivity contribution >= 4 is 27.3 Å². The Morgan fingerprint density at radius 2 is 2.04 bits per heavy atom. The molecule has 0 atom stereocenters. The van der Waals surface area contributed by atoms with Gasteiger partial charge in [-0.15, -0.1) is 16.4 Å². The zero-order chi connectivity index (χ0) is 17.4. The van der Waals surface area contributed by atoms with Crippen molar-refractivity contribution in [3.8, 4) is 10.4 Å². The van der Waals surface area contributed by atoms with E-state index in [1.165, 1.54) is 29.0 Å². The molecule has 1 aromatic carbocycles. The predicted molar refractivity (Wildman–Crippen MR) is 96.9 cm³/mol. The van der Waals surface area contributed by atoms with Crippen LogP contribution in [0.15, 0.2) is 54.1 Å². The zero-order valence-electron chi connectivity index (χ0n) is 13.2. The first-order valence-corrected chi connectivity index (χ1v) is 8.64. The Balaban J connectivity index is 1.86. The number of thiophene rings is 1. The molecule has 4 rings (SSSR count). The van der Waals surface area contributed by atoms with Gasteiger partial charge in [0.05, 0.1) is 10.4 Å². The standard InChI is InChI=1S/C19H14FN3OS/c20-13-7-5-12(6-8-13)16-10-14-15(9-11-3-1-2-4-11)22-23-17(19(21)24)18(14)25-16/h1,3-8,10H,2,9H2,(H2,21,24). The molecule has 124 valence electrons. The summed E-state index contributed by atoms with van der Waals surface area (Å²) in [6.07, 6.45) is 7.88. The Morgan fingerprint density at radius 3 is 2.72 bits per heavy atom. The van der Waals surface area contributed by atoms with Crippen LogP contribution in [-0.2, 0) is 6.42 Å². The number of carbonyl (C=O) groups is 1. The second kappa shape index (κ2) is 6.22. The molecule has 2 N–H and O–H groups in total. The van der Waals surface area contributed by atoms with Gasteiger partial charge in [0.15, 0.2) is 5.69 Å². The molecule has 2 heterocycles. The summed E-state index contributed by atoms with van der Waals surface area (Å²) in [4.78, 5) is 12.6. The van der Waals surface area contributed by atoms with Crippen LogP contribution in [0.4, 0.5) is 4.39 Å². The van der Waals surface area contributed by atoms with Crippen LogP contribution in [0.3, 0.4) is 0 Å². The number of benzene rings is 1. The van der Waals surface area contributed by atoms with E-state index in [2.05, 4.69) is 28.4 Å². The summed E-state index contributed by atoms with van der Waals surface area (Å²) >= 11 is 1.42. The van der Waals surface area contributed by atoms with Crippen LogP contribution < -0.4 is 5.73 Å². The van der Waals surface area contributed by atoms with E-state index in [1.807, 2.05) is 6.07 Å². The number of primary amides is 1. The Morgan fingerprint density at radius 1 is 1.24 bits per heavy atom. The Labute approximate surface area is 147 Å². The van der Waals surface area contributed by atoms with Crippen molar-refractivity contribution in [1.29, 1.82) is 0 Å². The second-order valence-corrected chi connectivity index (χ2v) is 6.87. The van der Waals surface area contributed by atoms with E-state index in [0.29, 0.717) is 6.42 Å². The summed E-state index contributed by atoms with van der Waals surface area (Å²) in [6, 6.07) is 8.24. The van der Waals surface area contributed by atoms with Crippen LogP contribution in [0.5, 0.6) is 0 Å². The minimum atomic E-state index is -0.600. The second-order valence-electron chi connectivity index (χ2n) is 5.81. The molecule has 0 saturated heterocycles. The van der Waals surface area contributed by atoms with Crippen molar-refractivity contribution < 1.29 is 9.18 Å². The van der Waals surface area contributed by atoms with Crippen molar-refractivity contribution in [2.75, 3.05) is 0 Å². The maximum Gasteiger partial charge on any atom is 0.270 e. The van der Waals surface area contributed by atoms with Gasteiger partial charge in [0, 0.05) is 16.7 Å². The summed E-state index contributed by atoms with van der Waals surface area (Å²) in [7, 11) is 0. The lowest BCUT2D eigenvalue weighted by Gasteiger charge is -2.03. The van der Waals surface area contributed by atoms with Gasteiger partial charge in [0.1, 0.15) is 5.82 Å². The van der Waals surface area contributed by atoms with Crippen LogP contribution in [0.2, 0.25) is 0 Å². The molecule has 25 heavy (non-hydrogen) atoms. The van der Waals surface area contributed by atoms with Crippen LogP contribution in [0.1, 0.15) is 22.6 Å². The number of hydrogen-bond acceptors (Lipinski definition) is 4. The maximum atomic E-state index is 13.2. The van der Waals surface area contributed by atoms with Gasteiger partial charge in [-0.2, -0.15) is 5.10 Å². The molecule has 0 fully saturated rings. The van der Waals surface area contributed by atoms with Crippen molar-refractivity contribution in [3.05, 3.63) is 71.3 Å². The molecule has 3 aromatic rings. The molecule has 1 aliphatic rings. The number of aromatic nitrogens is 2. The lowest BCUT2D eigenvalue weighted by atomic mass is 10.1. The van der Waals surface area contributed by atoms with E-state index < -0.39 is 5.91 Å². The summed E-state index contributed by atoms with van der Waals surface area (Å²) in [5.74, 6) is -0.886. The average Bonchev–Trinajstić information content (AvgIpc) is 3.25. The number of rotatable bonds is 4. The highest BCUT2D eigenvalue weighted by atomic mass is 32.1. The van der Waals surface area contributed by atoms with Crippen molar-refractivity contribution in [3.63, 3.8) is 0 Å². The first-order chi connectivity index (χ1) is 12.1. The Kier molecular flexibility index (Phi) is 3.89. The number of allylic oxidation sites excluding steroid dienone is 4. The molecule has 0 unspecified atom stereocenters. The molecule has 1 aliphatic carbocycles. The minimum absolute atomic E-state index is 0.174. The van der Waals surface area contributed by atoms with Gasteiger partial charge in [-0.25, -0.2) is 4.39 Å². The SMILES string of the molecule is NC(=O)c1nnc(CC2=CCC=C2)c2cc(-c3ccc(F)cc3)sc12. The Bertz CT molecular complexity index is 1030. The summed E-state index contributed by atoms with van der Waals surface area (Å²) in [5.41, 5.74) is 8.49. The van der Waals surface area contributed by atoms with Crippen LogP contribution in [0.25, 0.3) is 20.5 Å². The number of carbonyl (C=O) groups excluding carboxylic acids is 1. The van der Waals surface area contributed by atoms with Crippen LogP contribution >= 0.6 is 11.3 Å². The lowest BCUT2D eigenvalue weighted by Crippen LogP contribution is -2.14. The van der Waals surface area contributed by atoms with Crippen LogP contribution in [-0.4, -0.2) is 16.1 Å². The van der Waals surface area contributed by atoms with Gasteiger partial charge in [0.2, 0.25) is 0 Å². The third kappa shape index (κ3) is 2.96. The minimum Gasteiger partial charge on any atom is -0.364 e. The first-order valence-electron chi connectivity index (χ1n) is 7.82.